The molecule has 0 aliphatic carbocycles. The fraction of sp³-hybridized carbons (Fsp3) is 0.120. The van der Waals surface area contributed by atoms with Gasteiger partial charge in [0.05, 0.1) is 11.3 Å². The number of halogens is 2. The number of anilines is 2. The Hall–Kier alpha value is -3.08. The van der Waals surface area contributed by atoms with Gasteiger partial charge in [0.25, 0.3) is 11.8 Å². The fourth-order valence-electron chi connectivity index (χ4n) is 3.71. The zero-order valence-corrected chi connectivity index (χ0v) is 18.8. The Morgan fingerprint density at radius 3 is 2.00 bits per heavy atom. The van der Waals surface area contributed by atoms with Crippen molar-refractivity contribution in [1.82, 2.24) is 0 Å². The van der Waals surface area contributed by atoms with Gasteiger partial charge in [0.1, 0.15) is 5.70 Å². The number of hydrogen-bond acceptors (Lipinski definition) is 3. The summed E-state index contributed by atoms with van der Waals surface area (Å²) in [5.41, 5.74) is 5.15. The Morgan fingerprint density at radius 1 is 0.742 bits per heavy atom. The van der Waals surface area contributed by atoms with Crippen LogP contribution < -0.4 is 10.2 Å². The summed E-state index contributed by atoms with van der Waals surface area (Å²) >= 11 is 12.2. The molecule has 0 atom stereocenters. The Kier molecular flexibility index (Phi) is 5.61. The number of benzene rings is 3. The van der Waals surface area contributed by atoms with Gasteiger partial charge in [-0.1, -0.05) is 47.5 Å². The van der Waals surface area contributed by atoms with Crippen LogP contribution in [0, 0.1) is 20.8 Å². The lowest BCUT2D eigenvalue weighted by Gasteiger charge is -2.17. The van der Waals surface area contributed by atoms with E-state index in [4.69, 9.17) is 23.2 Å². The molecule has 1 aliphatic rings. The second-order valence-electron chi connectivity index (χ2n) is 7.63. The summed E-state index contributed by atoms with van der Waals surface area (Å²) in [4.78, 5) is 28.3. The van der Waals surface area contributed by atoms with Gasteiger partial charge in [-0.3, -0.25) is 9.59 Å². The molecule has 3 aromatic carbocycles. The number of nitrogens with zero attached hydrogens (tertiary/aromatic N) is 1. The molecule has 4 nitrogen and oxygen atoms in total. The summed E-state index contributed by atoms with van der Waals surface area (Å²) < 4.78 is 0. The van der Waals surface area contributed by atoms with E-state index >= 15 is 0 Å². The van der Waals surface area contributed by atoms with E-state index in [1.165, 1.54) is 4.90 Å². The third kappa shape index (κ3) is 4.09. The molecule has 0 aromatic heterocycles. The molecule has 0 spiro atoms. The van der Waals surface area contributed by atoms with Crippen molar-refractivity contribution in [3.8, 4) is 0 Å². The van der Waals surface area contributed by atoms with Crippen molar-refractivity contribution in [1.29, 1.82) is 0 Å². The number of aryl methyl sites for hydroxylation is 3. The minimum Gasteiger partial charge on any atom is -0.350 e. The monoisotopic (exact) mass is 450 g/mol. The van der Waals surface area contributed by atoms with Gasteiger partial charge in [0.15, 0.2) is 0 Å². The smallest absolute Gasteiger partial charge is 0.282 e. The molecule has 3 aromatic rings. The summed E-state index contributed by atoms with van der Waals surface area (Å²) in [6.07, 6.45) is 0. The molecule has 156 valence electrons. The highest BCUT2D eigenvalue weighted by Crippen LogP contribution is 2.35. The maximum Gasteiger partial charge on any atom is 0.282 e. The first-order valence-electron chi connectivity index (χ1n) is 9.75. The van der Waals surface area contributed by atoms with Crippen LogP contribution in [0.1, 0.15) is 22.3 Å². The number of nitrogens with one attached hydrogen (secondary N) is 1. The van der Waals surface area contributed by atoms with Crippen LogP contribution >= 0.6 is 23.2 Å². The standard InChI is InChI=1S/C25H20Cl2N2O2/c1-14-10-15(2)12-20(11-14)29-24(30)22(17-5-8-18(26)9-6-17)23(25(29)31)28-21-13-19(27)7-4-16(21)3/h4-13,28H,1-3H3. The first kappa shape index (κ1) is 21.2. The summed E-state index contributed by atoms with van der Waals surface area (Å²) in [5, 5.41) is 4.25. The van der Waals surface area contributed by atoms with E-state index in [9.17, 15) is 9.59 Å². The van der Waals surface area contributed by atoms with Crippen LogP contribution in [0.5, 0.6) is 0 Å². The van der Waals surface area contributed by atoms with Crippen molar-refractivity contribution in [2.75, 3.05) is 10.2 Å². The molecule has 0 saturated carbocycles. The van der Waals surface area contributed by atoms with Crippen LogP contribution in [-0.2, 0) is 9.59 Å². The van der Waals surface area contributed by atoms with Crippen molar-refractivity contribution >= 4 is 52.0 Å². The van der Waals surface area contributed by atoms with E-state index in [-0.39, 0.29) is 11.6 Å². The molecule has 0 fully saturated rings. The number of hydrogen-bond donors (Lipinski definition) is 1. The third-order valence-electron chi connectivity index (χ3n) is 5.14. The molecule has 0 unspecified atom stereocenters. The first-order valence-corrected chi connectivity index (χ1v) is 10.5. The highest BCUT2D eigenvalue weighted by molar-refractivity contribution is 6.46. The van der Waals surface area contributed by atoms with E-state index in [0.29, 0.717) is 32.6 Å². The second-order valence-corrected chi connectivity index (χ2v) is 8.51. The van der Waals surface area contributed by atoms with Crippen LogP contribution in [0.3, 0.4) is 0 Å². The number of rotatable bonds is 4. The zero-order valence-electron chi connectivity index (χ0n) is 17.3. The van der Waals surface area contributed by atoms with E-state index < -0.39 is 5.91 Å². The van der Waals surface area contributed by atoms with Gasteiger partial charge < -0.3 is 5.32 Å². The number of imide groups is 1. The lowest BCUT2D eigenvalue weighted by Crippen LogP contribution is -2.32. The molecule has 0 saturated heterocycles. The molecule has 2 amide bonds. The fourth-order valence-corrected chi connectivity index (χ4v) is 4.01. The van der Waals surface area contributed by atoms with Gasteiger partial charge in [-0.2, -0.15) is 0 Å². The predicted molar refractivity (Wildman–Crippen MR) is 127 cm³/mol. The molecule has 31 heavy (non-hydrogen) atoms. The SMILES string of the molecule is Cc1cc(C)cc(N2C(=O)C(Nc3cc(Cl)ccc3C)=C(c3ccc(Cl)cc3)C2=O)c1. The highest BCUT2D eigenvalue weighted by atomic mass is 35.5. The van der Waals surface area contributed by atoms with Crippen molar-refractivity contribution in [3.05, 3.63) is 98.7 Å². The topological polar surface area (TPSA) is 49.4 Å². The summed E-state index contributed by atoms with van der Waals surface area (Å²) in [6, 6.07) is 17.9. The van der Waals surface area contributed by atoms with Gasteiger partial charge >= 0.3 is 0 Å². The van der Waals surface area contributed by atoms with Gasteiger partial charge in [0.2, 0.25) is 0 Å². The average Bonchev–Trinajstić information content (AvgIpc) is 2.94. The van der Waals surface area contributed by atoms with Gasteiger partial charge in [0, 0.05) is 15.7 Å². The number of amides is 2. The van der Waals surface area contributed by atoms with Crippen molar-refractivity contribution < 1.29 is 9.59 Å². The summed E-state index contributed by atoms with van der Waals surface area (Å²) in [6.45, 7) is 5.78. The first-order chi connectivity index (χ1) is 14.7. The lowest BCUT2D eigenvalue weighted by atomic mass is 10.0. The van der Waals surface area contributed by atoms with Crippen molar-refractivity contribution in [3.63, 3.8) is 0 Å². The maximum atomic E-state index is 13.5. The average molecular weight is 451 g/mol. The van der Waals surface area contributed by atoms with Gasteiger partial charge in [-0.25, -0.2) is 4.90 Å². The molecule has 4 rings (SSSR count). The van der Waals surface area contributed by atoms with Gasteiger partial charge in [-0.15, -0.1) is 0 Å². The zero-order chi connectivity index (χ0) is 22.3. The molecule has 6 heteroatoms. The van der Waals surface area contributed by atoms with E-state index in [0.717, 1.165) is 16.7 Å². The van der Waals surface area contributed by atoms with Gasteiger partial charge in [-0.05, 0) is 79.4 Å². The predicted octanol–water partition coefficient (Wildman–Crippen LogP) is 6.32. The molecule has 0 radical (unpaired) electrons. The number of carbonyl (C=O) groups excluding carboxylic acids is 2. The lowest BCUT2D eigenvalue weighted by molar-refractivity contribution is -0.120. The van der Waals surface area contributed by atoms with Crippen LogP contribution in [0.2, 0.25) is 10.0 Å². The molecule has 1 heterocycles. The minimum atomic E-state index is -0.417. The Labute approximate surface area is 191 Å². The van der Waals surface area contributed by atoms with Crippen LogP contribution in [0.25, 0.3) is 5.57 Å². The molecule has 0 bridgehead atoms. The van der Waals surface area contributed by atoms with E-state index in [1.807, 2.05) is 45.0 Å². The molecule has 1 aliphatic heterocycles. The van der Waals surface area contributed by atoms with Crippen molar-refractivity contribution in [2.24, 2.45) is 0 Å². The Morgan fingerprint density at radius 2 is 1.35 bits per heavy atom. The van der Waals surface area contributed by atoms with E-state index in [2.05, 4.69) is 5.32 Å². The Bertz CT molecular complexity index is 1230. The van der Waals surface area contributed by atoms with Crippen LogP contribution in [0.15, 0.2) is 66.4 Å². The maximum absolute atomic E-state index is 13.5. The number of carbonyl (C=O) groups is 2. The highest BCUT2D eigenvalue weighted by Gasteiger charge is 2.40. The Balaban J connectivity index is 1.86. The summed E-state index contributed by atoms with van der Waals surface area (Å²) in [7, 11) is 0. The molecular weight excluding hydrogens is 431 g/mol. The quantitative estimate of drug-likeness (QED) is 0.473. The van der Waals surface area contributed by atoms with E-state index in [1.54, 1.807) is 36.4 Å². The second kappa shape index (κ2) is 8.22. The molecular formula is C25H20Cl2N2O2. The van der Waals surface area contributed by atoms with Crippen LogP contribution in [-0.4, -0.2) is 11.8 Å². The molecule has 1 N–H and O–H groups in total. The summed E-state index contributed by atoms with van der Waals surface area (Å²) in [5.74, 6) is -0.807. The van der Waals surface area contributed by atoms with Crippen LogP contribution in [0.4, 0.5) is 11.4 Å². The minimum absolute atomic E-state index is 0.205. The van der Waals surface area contributed by atoms with Crippen molar-refractivity contribution in [2.45, 2.75) is 20.8 Å². The third-order valence-corrected chi connectivity index (χ3v) is 5.63. The normalized spacial score (nSPS) is 13.9. The largest absolute Gasteiger partial charge is 0.350 e.